The summed E-state index contributed by atoms with van der Waals surface area (Å²) in [6, 6.07) is 1.69. The highest BCUT2D eigenvalue weighted by Gasteiger charge is 2.12. The average Bonchev–Trinajstić information content (AvgIpc) is 2.59. The van der Waals surface area contributed by atoms with Gasteiger partial charge in [-0.15, -0.1) is 0 Å². The Bertz CT molecular complexity index is 299. The molecule has 14 heavy (non-hydrogen) atoms. The van der Waals surface area contributed by atoms with Crippen LogP contribution in [-0.4, -0.2) is 19.0 Å². The highest BCUT2D eigenvalue weighted by molar-refractivity contribution is 9.10. The number of carbonyl (C=O) groups excluding carboxylic acids is 1. The second kappa shape index (κ2) is 5.82. The van der Waals surface area contributed by atoms with Crippen molar-refractivity contribution in [2.45, 2.75) is 12.8 Å². The molecule has 0 unspecified atom stereocenters. The molecule has 0 aromatic carbocycles. The lowest BCUT2D eigenvalue weighted by atomic mass is 10.3. The summed E-state index contributed by atoms with van der Waals surface area (Å²) < 4.78 is 5.67. The molecule has 0 aliphatic heterocycles. The van der Waals surface area contributed by atoms with Crippen LogP contribution in [-0.2, 0) is 0 Å². The molecule has 0 bridgehead atoms. The Morgan fingerprint density at radius 3 is 2.93 bits per heavy atom. The average molecular weight is 261 g/mol. The van der Waals surface area contributed by atoms with Gasteiger partial charge >= 0.3 is 0 Å². The normalized spacial score (nSPS) is 10.1. The van der Waals surface area contributed by atoms with E-state index in [2.05, 4.69) is 21.2 Å². The zero-order valence-electron chi connectivity index (χ0n) is 7.75. The van der Waals surface area contributed by atoms with Crippen molar-refractivity contribution in [3.63, 3.8) is 0 Å². The fourth-order valence-electron chi connectivity index (χ4n) is 1.01. The summed E-state index contributed by atoms with van der Waals surface area (Å²) in [5.41, 5.74) is 5.33. The van der Waals surface area contributed by atoms with E-state index in [1.165, 1.54) is 6.26 Å². The van der Waals surface area contributed by atoms with E-state index in [0.29, 0.717) is 23.3 Å². The fraction of sp³-hybridized carbons (Fsp3) is 0.444. The van der Waals surface area contributed by atoms with Crippen molar-refractivity contribution < 1.29 is 9.21 Å². The molecule has 1 aromatic rings. The van der Waals surface area contributed by atoms with E-state index < -0.39 is 0 Å². The molecule has 0 atom stereocenters. The van der Waals surface area contributed by atoms with Crippen LogP contribution in [0.4, 0.5) is 0 Å². The van der Waals surface area contributed by atoms with E-state index in [1.54, 1.807) is 6.07 Å². The van der Waals surface area contributed by atoms with Gasteiger partial charge in [-0.3, -0.25) is 4.79 Å². The molecular weight excluding hydrogens is 248 g/mol. The minimum Gasteiger partial charge on any atom is -0.458 e. The minimum atomic E-state index is -0.195. The van der Waals surface area contributed by atoms with Crippen molar-refractivity contribution >= 4 is 21.8 Å². The number of unbranched alkanes of at least 4 members (excludes halogenated alkanes) is 1. The molecule has 3 N–H and O–H groups in total. The van der Waals surface area contributed by atoms with Crippen LogP contribution in [0.2, 0.25) is 0 Å². The Morgan fingerprint density at radius 2 is 2.36 bits per heavy atom. The number of amides is 1. The third-order valence-electron chi connectivity index (χ3n) is 1.74. The van der Waals surface area contributed by atoms with Crippen LogP contribution in [0, 0.1) is 0 Å². The maximum absolute atomic E-state index is 11.4. The molecule has 0 aliphatic rings. The van der Waals surface area contributed by atoms with Crippen molar-refractivity contribution in [1.82, 2.24) is 5.32 Å². The highest BCUT2D eigenvalue weighted by atomic mass is 79.9. The van der Waals surface area contributed by atoms with E-state index in [1.807, 2.05) is 0 Å². The summed E-state index contributed by atoms with van der Waals surface area (Å²) in [4.78, 5) is 11.4. The minimum absolute atomic E-state index is 0.195. The van der Waals surface area contributed by atoms with Gasteiger partial charge in [0.05, 0.1) is 10.7 Å². The highest BCUT2D eigenvalue weighted by Crippen LogP contribution is 2.16. The van der Waals surface area contributed by atoms with Gasteiger partial charge in [0.25, 0.3) is 5.91 Å². The molecule has 1 heterocycles. The first kappa shape index (κ1) is 11.3. The first-order valence-electron chi connectivity index (χ1n) is 4.47. The van der Waals surface area contributed by atoms with Gasteiger partial charge in [-0.1, -0.05) is 0 Å². The summed E-state index contributed by atoms with van der Waals surface area (Å²) in [7, 11) is 0. The van der Waals surface area contributed by atoms with Crippen LogP contribution in [0.3, 0.4) is 0 Å². The Balaban J connectivity index is 2.32. The van der Waals surface area contributed by atoms with E-state index in [0.717, 1.165) is 12.8 Å². The zero-order valence-corrected chi connectivity index (χ0v) is 9.34. The lowest BCUT2D eigenvalue weighted by molar-refractivity contribution is 0.0924. The van der Waals surface area contributed by atoms with Gasteiger partial charge in [0, 0.05) is 6.54 Å². The molecule has 5 heteroatoms. The number of hydrogen-bond donors (Lipinski definition) is 2. The summed E-state index contributed by atoms with van der Waals surface area (Å²) in [6.45, 7) is 1.28. The van der Waals surface area contributed by atoms with Gasteiger partial charge in [0.15, 0.2) is 0 Å². The number of carbonyl (C=O) groups is 1. The summed E-state index contributed by atoms with van der Waals surface area (Å²) in [6.07, 6.45) is 3.28. The van der Waals surface area contributed by atoms with Crippen LogP contribution < -0.4 is 11.1 Å². The number of halogens is 1. The Labute approximate surface area is 91.0 Å². The zero-order chi connectivity index (χ0) is 10.4. The van der Waals surface area contributed by atoms with Crippen molar-refractivity contribution in [1.29, 1.82) is 0 Å². The quantitative estimate of drug-likeness (QED) is 0.789. The predicted octanol–water partition coefficient (Wildman–Crippen LogP) is 1.51. The summed E-state index contributed by atoms with van der Waals surface area (Å²) in [5, 5.41) is 2.74. The second-order valence-electron chi connectivity index (χ2n) is 2.85. The van der Waals surface area contributed by atoms with Crippen LogP contribution in [0.5, 0.6) is 0 Å². The van der Waals surface area contributed by atoms with Crippen LogP contribution in [0.25, 0.3) is 0 Å². The molecule has 78 valence electrons. The molecular formula is C9H13BrN2O2. The van der Waals surface area contributed by atoms with Gasteiger partial charge in [-0.25, -0.2) is 0 Å². The van der Waals surface area contributed by atoms with E-state index in [-0.39, 0.29) is 5.91 Å². The SMILES string of the molecule is NCCCCNC(=O)c1occc1Br. The number of nitrogens with one attached hydrogen (secondary N) is 1. The molecule has 0 spiro atoms. The number of hydrogen-bond acceptors (Lipinski definition) is 3. The fourth-order valence-corrected chi connectivity index (χ4v) is 1.39. The van der Waals surface area contributed by atoms with Crippen molar-refractivity contribution in [2.75, 3.05) is 13.1 Å². The lowest BCUT2D eigenvalue weighted by Crippen LogP contribution is -2.24. The molecule has 0 fully saturated rings. The van der Waals surface area contributed by atoms with Crippen molar-refractivity contribution in [3.8, 4) is 0 Å². The summed E-state index contributed by atoms with van der Waals surface area (Å²) in [5.74, 6) is 0.122. The van der Waals surface area contributed by atoms with E-state index >= 15 is 0 Å². The monoisotopic (exact) mass is 260 g/mol. The number of nitrogens with two attached hydrogens (primary N) is 1. The molecule has 0 saturated carbocycles. The van der Waals surface area contributed by atoms with Crippen molar-refractivity contribution in [2.24, 2.45) is 5.73 Å². The maximum atomic E-state index is 11.4. The molecule has 1 rings (SSSR count). The smallest absolute Gasteiger partial charge is 0.288 e. The first-order chi connectivity index (χ1) is 6.75. The third kappa shape index (κ3) is 3.16. The number of rotatable bonds is 5. The van der Waals surface area contributed by atoms with E-state index in [9.17, 15) is 4.79 Å². The van der Waals surface area contributed by atoms with Gasteiger partial charge < -0.3 is 15.5 Å². The van der Waals surface area contributed by atoms with Crippen LogP contribution in [0.1, 0.15) is 23.4 Å². The Morgan fingerprint density at radius 1 is 1.57 bits per heavy atom. The topological polar surface area (TPSA) is 68.3 Å². The third-order valence-corrected chi connectivity index (χ3v) is 2.36. The molecule has 4 nitrogen and oxygen atoms in total. The molecule has 0 radical (unpaired) electrons. The molecule has 1 amide bonds. The molecule has 1 aromatic heterocycles. The van der Waals surface area contributed by atoms with E-state index in [4.69, 9.17) is 10.2 Å². The molecule has 0 aliphatic carbocycles. The van der Waals surface area contributed by atoms with Gasteiger partial charge in [-0.2, -0.15) is 0 Å². The second-order valence-corrected chi connectivity index (χ2v) is 3.70. The molecule has 0 saturated heterocycles. The maximum Gasteiger partial charge on any atom is 0.288 e. The van der Waals surface area contributed by atoms with Gasteiger partial charge in [0.2, 0.25) is 5.76 Å². The first-order valence-corrected chi connectivity index (χ1v) is 5.26. The van der Waals surface area contributed by atoms with Gasteiger partial charge in [0.1, 0.15) is 0 Å². The summed E-state index contributed by atoms with van der Waals surface area (Å²) >= 11 is 3.21. The Hall–Kier alpha value is -0.810. The van der Waals surface area contributed by atoms with Crippen LogP contribution >= 0.6 is 15.9 Å². The Kier molecular flexibility index (Phi) is 4.69. The standard InChI is InChI=1S/C9H13BrN2O2/c10-7-3-6-14-8(7)9(13)12-5-2-1-4-11/h3,6H,1-2,4-5,11H2,(H,12,13). The predicted molar refractivity (Wildman–Crippen MR) is 57.0 cm³/mol. The van der Waals surface area contributed by atoms with Gasteiger partial charge in [-0.05, 0) is 41.4 Å². The largest absolute Gasteiger partial charge is 0.458 e. The van der Waals surface area contributed by atoms with Crippen molar-refractivity contribution in [3.05, 3.63) is 22.6 Å². The number of furan rings is 1. The van der Waals surface area contributed by atoms with Crippen LogP contribution in [0.15, 0.2) is 21.2 Å². The lowest BCUT2D eigenvalue weighted by Gasteiger charge is -2.02.